The molecule has 3 aromatic carbocycles. The van der Waals surface area contributed by atoms with Crippen LogP contribution in [0.25, 0.3) is 10.9 Å². The van der Waals surface area contributed by atoms with Gasteiger partial charge in [-0.15, -0.1) is 0 Å². The van der Waals surface area contributed by atoms with Crippen molar-refractivity contribution in [3.63, 3.8) is 0 Å². The van der Waals surface area contributed by atoms with Crippen LogP contribution in [0.4, 0.5) is 5.69 Å². The molecule has 0 aliphatic rings. The quantitative estimate of drug-likeness (QED) is 0.108. The highest BCUT2D eigenvalue weighted by Crippen LogP contribution is 2.39. The van der Waals surface area contributed by atoms with Crippen molar-refractivity contribution in [2.24, 2.45) is 5.10 Å². The third-order valence-corrected chi connectivity index (χ3v) is 7.15. The molecule has 0 aliphatic carbocycles. The van der Waals surface area contributed by atoms with E-state index in [0.29, 0.717) is 37.9 Å². The van der Waals surface area contributed by atoms with E-state index in [0.717, 1.165) is 10.9 Å². The number of aromatic nitrogens is 2. The maximum atomic E-state index is 13.4. The molecule has 1 atom stereocenters. The Labute approximate surface area is 242 Å². The summed E-state index contributed by atoms with van der Waals surface area (Å²) in [6, 6.07) is 13.0. The van der Waals surface area contributed by atoms with Gasteiger partial charge in [-0.05, 0) is 42.8 Å². The third-order valence-electron chi connectivity index (χ3n) is 6.07. The SMILES string of the molecule is CC[C@@H](C)c1nc2ccc(Br)cc2c(=O)n1N=Cc1cc(OC)c(OCc2ccc(Cl)cc2Cl)c([N+](=O)[O-])c1. The number of benzene rings is 3. The summed E-state index contributed by atoms with van der Waals surface area (Å²) in [6.45, 7) is 3.89. The van der Waals surface area contributed by atoms with Gasteiger partial charge in [0, 0.05) is 37.6 Å². The first-order chi connectivity index (χ1) is 18.6. The molecule has 0 saturated heterocycles. The van der Waals surface area contributed by atoms with Crippen molar-refractivity contribution in [3.8, 4) is 11.5 Å². The number of hydrogen-bond acceptors (Lipinski definition) is 7. The Hall–Kier alpha value is -3.47. The fraction of sp³-hybridized carbons (Fsp3) is 0.222. The van der Waals surface area contributed by atoms with Gasteiger partial charge in [0.2, 0.25) is 5.75 Å². The minimum Gasteiger partial charge on any atom is -0.493 e. The van der Waals surface area contributed by atoms with Gasteiger partial charge in [-0.2, -0.15) is 9.78 Å². The van der Waals surface area contributed by atoms with Crippen LogP contribution in [0.15, 0.2) is 62.9 Å². The van der Waals surface area contributed by atoms with Crippen LogP contribution in [0.2, 0.25) is 10.0 Å². The second-order valence-electron chi connectivity index (χ2n) is 8.66. The van der Waals surface area contributed by atoms with E-state index in [4.69, 9.17) is 32.7 Å². The smallest absolute Gasteiger partial charge is 0.315 e. The van der Waals surface area contributed by atoms with Gasteiger partial charge < -0.3 is 9.47 Å². The average Bonchev–Trinajstić information content (AvgIpc) is 2.91. The van der Waals surface area contributed by atoms with E-state index in [9.17, 15) is 14.9 Å². The lowest BCUT2D eigenvalue weighted by atomic mass is 10.1. The van der Waals surface area contributed by atoms with Crippen molar-refractivity contribution in [1.29, 1.82) is 0 Å². The van der Waals surface area contributed by atoms with Gasteiger partial charge in [0.15, 0.2) is 5.75 Å². The van der Waals surface area contributed by atoms with E-state index < -0.39 is 4.92 Å². The van der Waals surface area contributed by atoms with Gasteiger partial charge in [-0.25, -0.2) is 4.98 Å². The molecule has 4 rings (SSSR count). The summed E-state index contributed by atoms with van der Waals surface area (Å²) < 4.78 is 13.2. The highest BCUT2D eigenvalue weighted by molar-refractivity contribution is 9.10. The third kappa shape index (κ3) is 6.24. The standard InChI is InChI=1S/C27H23BrCl2N4O5/c1-4-15(2)26-32-22-8-6-18(28)11-20(22)27(35)33(26)31-13-16-9-23(34(36)37)25(24(10-16)38-3)39-14-17-5-7-19(29)12-21(17)30/h5-13,15H,4,14H2,1-3H3/t15-/m1/s1. The lowest BCUT2D eigenvalue weighted by Crippen LogP contribution is -2.23. The number of fused-ring (bicyclic) bond motifs is 1. The van der Waals surface area contributed by atoms with Gasteiger partial charge in [-0.3, -0.25) is 14.9 Å². The van der Waals surface area contributed by atoms with Crippen LogP contribution in [-0.2, 0) is 6.61 Å². The summed E-state index contributed by atoms with van der Waals surface area (Å²) in [6.07, 6.45) is 2.08. The van der Waals surface area contributed by atoms with Gasteiger partial charge in [0.05, 0.1) is 29.2 Å². The Morgan fingerprint density at radius 1 is 1.21 bits per heavy atom. The molecule has 0 unspecified atom stereocenters. The minimum absolute atomic E-state index is 0.0490. The number of ether oxygens (including phenoxy) is 2. The first-order valence-electron chi connectivity index (χ1n) is 11.8. The average molecular weight is 634 g/mol. The maximum Gasteiger partial charge on any atom is 0.315 e. The molecule has 4 aromatic rings. The summed E-state index contributed by atoms with van der Waals surface area (Å²) in [5.41, 5.74) is 0.789. The molecule has 202 valence electrons. The van der Waals surface area contributed by atoms with Crippen molar-refractivity contribution in [3.05, 3.63) is 100 Å². The van der Waals surface area contributed by atoms with Crippen LogP contribution in [0.3, 0.4) is 0 Å². The van der Waals surface area contributed by atoms with Crippen LogP contribution in [-0.4, -0.2) is 27.9 Å². The van der Waals surface area contributed by atoms with Gasteiger partial charge in [-0.1, -0.05) is 59.0 Å². The lowest BCUT2D eigenvalue weighted by Gasteiger charge is -2.14. The largest absolute Gasteiger partial charge is 0.493 e. The summed E-state index contributed by atoms with van der Waals surface area (Å²) in [5, 5.41) is 17.6. The fourth-order valence-corrected chi connectivity index (χ4v) is 4.63. The molecule has 0 N–H and O–H groups in total. The van der Waals surface area contributed by atoms with Crippen molar-refractivity contribution in [2.75, 3.05) is 7.11 Å². The zero-order valence-corrected chi connectivity index (χ0v) is 24.2. The van der Waals surface area contributed by atoms with E-state index in [1.807, 2.05) is 19.9 Å². The van der Waals surface area contributed by atoms with Crippen molar-refractivity contribution in [2.45, 2.75) is 32.8 Å². The molecule has 12 heteroatoms. The molecule has 0 amide bonds. The van der Waals surface area contributed by atoms with Gasteiger partial charge >= 0.3 is 5.69 Å². The molecule has 0 radical (unpaired) electrons. The summed E-state index contributed by atoms with van der Waals surface area (Å²) in [5.74, 6) is 0.461. The molecule has 0 spiro atoms. The zero-order chi connectivity index (χ0) is 28.3. The van der Waals surface area contributed by atoms with E-state index in [-0.39, 0.29) is 35.3 Å². The molecular formula is C27H23BrCl2N4O5. The minimum atomic E-state index is -0.579. The zero-order valence-electron chi connectivity index (χ0n) is 21.2. The topological polar surface area (TPSA) is 109 Å². The van der Waals surface area contributed by atoms with E-state index >= 15 is 0 Å². The highest BCUT2D eigenvalue weighted by atomic mass is 79.9. The Kier molecular flexibility index (Phi) is 8.89. The molecule has 1 heterocycles. The maximum absolute atomic E-state index is 13.4. The normalized spacial score (nSPS) is 12.2. The molecule has 0 aliphatic heterocycles. The molecular weight excluding hydrogens is 611 g/mol. The predicted molar refractivity (Wildman–Crippen MR) is 156 cm³/mol. The number of rotatable bonds is 9. The van der Waals surface area contributed by atoms with Crippen LogP contribution in [0.1, 0.15) is 43.1 Å². The molecule has 1 aromatic heterocycles. The number of nitro groups is 1. The number of hydrogen-bond donors (Lipinski definition) is 0. The lowest BCUT2D eigenvalue weighted by molar-refractivity contribution is -0.386. The molecule has 0 bridgehead atoms. The first kappa shape index (κ1) is 28.5. The van der Waals surface area contributed by atoms with Crippen molar-refractivity contribution in [1.82, 2.24) is 9.66 Å². The second-order valence-corrected chi connectivity index (χ2v) is 10.4. The summed E-state index contributed by atoms with van der Waals surface area (Å²) in [4.78, 5) is 29.4. The summed E-state index contributed by atoms with van der Waals surface area (Å²) >= 11 is 15.6. The van der Waals surface area contributed by atoms with Gasteiger partial charge in [0.1, 0.15) is 12.4 Å². The van der Waals surface area contributed by atoms with Crippen LogP contribution < -0.4 is 15.0 Å². The second kappa shape index (κ2) is 12.1. The van der Waals surface area contributed by atoms with E-state index in [2.05, 4.69) is 26.0 Å². The molecule has 9 nitrogen and oxygen atoms in total. The van der Waals surface area contributed by atoms with Crippen LogP contribution in [0.5, 0.6) is 11.5 Å². The highest BCUT2D eigenvalue weighted by Gasteiger charge is 2.23. The Morgan fingerprint density at radius 2 is 1.97 bits per heavy atom. The number of nitrogens with zero attached hydrogens (tertiary/aromatic N) is 4. The molecule has 39 heavy (non-hydrogen) atoms. The fourth-order valence-electron chi connectivity index (χ4n) is 3.81. The number of nitro benzene ring substituents is 1. The van der Waals surface area contributed by atoms with E-state index in [1.54, 1.807) is 30.3 Å². The van der Waals surface area contributed by atoms with E-state index in [1.165, 1.54) is 30.1 Å². The Bertz CT molecular complexity index is 1660. The number of methoxy groups -OCH3 is 1. The van der Waals surface area contributed by atoms with Crippen molar-refractivity contribution < 1.29 is 14.4 Å². The Balaban J connectivity index is 1.76. The molecule has 0 saturated carbocycles. The predicted octanol–water partition coefficient (Wildman–Crippen LogP) is 7.36. The van der Waals surface area contributed by atoms with Crippen LogP contribution >= 0.6 is 39.1 Å². The first-order valence-corrected chi connectivity index (χ1v) is 13.4. The van der Waals surface area contributed by atoms with Gasteiger partial charge in [0.25, 0.3) is 5.56 Å². The van der Waals surface area contributed by atoms with Crippen molar-refractivity contribution >= 4 is 61.9 Å². The summed E-state index contributed by atoms with van der Waals surface area (Å²) in [7, 11) is 1.37. The molecule has 0 fully saturated rings. The van der Waals surface area contributed by atoms with Crippen LogP contribution in [0, 0.1) is 10.1 Å². The monoisotopic (exact) mass is 632 g/mol. The Morgan fingerprint density at radius 3 is 2.64 bits per heavy atom. The number of halogens is 3.